The molecule has 122 valence electrons. The van der Waals surface area contributed by atoms with Gasteiger partial charge in [-0.05, 0) is 31.9 Å². The Bertz CT molecular complexity index is 615. The smallest absolute Gasteiger partial charge is 0.225 e. The second-order valence-electron chi connectivity index (χ2n) is 6.04. The van der Waals surface area contributed by atoms with E-state index < -0.39 is 0 Å². The molecule has 0 bridgehead atoms. The van der Waals surface area contributed by atoms with Crippen LogP contribution in [0.2, 0.25) is 0 Å². The van der Waals surface area contributed by atoms with Gasteiger partial charge in [0.2, 0.25) is 5.91 Å². The number of rotatable bonds is 5. The molecular formula is C17H22N4O2. The van der Waals surface area contributed by atoms with Crippen molar-refractivity contribution >= 4 is 11.7 Å². The maximum Gasteiger partial charge on any atom is 0.225 e. The highest BCUT2D eigenvalue weighted by Gasteiger charge is 2.27. The molecule has 1 amide bonds. The van der Waals surface area contributed by atoms with Crippen molar-refractivity contribution in [3.05, 3.63) is 42.7 Å². The molecule has 23 heavy (non-hydrogen) atoms. The molecule has 3 rings (SSSR count). The second-order valence-corrected chi connectivity index (χ2v) is 6.04. The second kappa shape index (κ2) is 7.26. The molecule has 0 aromatic carbocycles. The topological polar surface area (TPSA) is 71.3 Å². The molecule has 0 spiro atoms. The van der Waals surface area contributed by atoms with Crippen LogP contribution in [0.4, 0.5) is 5.82 Å². The summed E-state index contributed by atoms with van der Waals surface area (Å²) in [6, 6.07) is 3.85. The van der Waals surface area contributed by atoms with Crippen LogP contribution >= 0.6 is 0 Å². The van der Waals surface area contributed by atoms with E-state index in [2.05, 4.69) is 20.2 Å². The average Bonchev–Trinajstić information content (AvgIpc) is 3.08. The van der Waals surface area contributed by atoms with Gasteiger partial charge >= 0.3 is 0 Å². The molecular weight excluding hydrogens is 292 g/mol. The molecule has 0 radical (unpaired) electrons. The van der Waals surface area contributed by atoms with Crippen LogP contribution in [0, 0.1) is 5.92 Å². The van der Waals surface area contributed by atoms with E-state index in [1.54, 1.807) is 24.9 Å². The summed E-state index contributed by atoms with van der Waals surface area (Å²) in [7, 11) is 0. The number of aromatic nitrogens is 2. The fraction of sp³-hybridized carbons (Fsp3) is 0.471. The number of anilines is 1. The first-order chi connectivity index (χ1) is 11.2. The Morgan fingerprint density at radius 1 is 1.52 bits per heavy atom. The first-order valence-electron chi connectivity index (χ1n) is 8.06. The number of amides is 1. The number of piperidine rings is 1. The zero-order valence-corrected chi connectivity index (χ0v) is 13.3. The van der Waals surface area contributed by atoms with Gasteiger partial charge in [0.1, 0.15) is 11.6 Å². The average molecular weight is 314 g/mol. The third-order valence-corrected chi connectivity index (χ3v) is 4.14. The molecule has 1 fully saturated rings. The minimum atomic E-state index is -0.00944. The Hall–Kier alpha value is -2.37. The number of hydrogen-bond donors (Lipinski definition) is 1. The van der Waals surface area contributed by atoms with Crippen LogP contribution < -0.4 is 10.2 Å². The fourth-order valence-corrected chi connectivity index (χ4v) is 3.00. The molecule has 1 saturated heterocycles. The van der Waals surface area contributed by atoms with Crippen LogP contribution in [0.25, 0.3) is 0 Å². The van der Waals surface area contributed by atoms with E-state index in [4.69, 9.17) is 4.42 Å². The number of hydrogen-bond acceptors (Lipinski definition) is 5. The summed E-state index contributed by atoms with van der Waals surface area (Å²) in [6.07, 6.45) is 9.36. The Morgan fingerprint density at radius 3 is 3.17 bits per heavy atom. The van der Waals surface area contributed by atoms with Gasteiger partial charge < -0.3 is 14.6 Å². The van der Waals surface area contributed by atoms with Gasteiger partial charge in [-0.25, -0.2) is 4.98 Å². The molecule has 1 N–H and O–H groups in total. The van der Waals surface area contributed by atoms with Gasteiger partial charge in [-0.3, -0.25) is 9.78 Å². The normalized spacial score (nSPS) is 19.3. The zero-order valence-electron chi connectivity index (χ0n) is 13.3. The van der Waals surface area contributed by atoms with Gasteiger partial charge in [0.25, 0.3) is 0 Å². The first kappa shape index (κ1) is 15.5. The van der Waals surface area contributed by atoms with E-state index in [0.717, 1.165) is 31.0 Å². The van der Waals surface area contributed by atoms with E-state index in [1.165, 1.54) is 0 Å². The number of carbonyl (C=O) groups excluding carboxylic acids is 1. The van der Waals surface area contributed by atoms with Crippen molar-refractivity contribution in [2.45, 2.75) is 32.2 Å². The molecule has 3 heterocycles. The number of carbonyl (C=O) groups is 1. The molecule has 2 atom stereocenters. The summed E-state index contributed by atoms with van der Waals surface area (Å²) in [5, 5.41) is 3.10. The van der Waals surface area contributed by atoms with Crippen molar-refractivity contribution in [1.29, 1.82) is 0 Å². The van der Waals surface area contributed by atoms with Crippen molar-refractivity contribution in [2.24, 2.45) is 5.92 Å². The minimum Gasteiger partial charge on any atom is -0.469 e. The van der Waals surface area contributed by atoms with E-state index in [9.17, 15) is 4.79 Å². The summed E-state index contributed by atoms with van der Waals surface area (Å²) in [5.41, 5.74) is 0. The highest BCUT2D eigenvalue weighted by Crippen LogP contribution is 2.21. The van der Waals surface area contributed by atoms with Crippen LogP contribution in [-0.2, 0) is 11.2 Å². The maximum absolute atomic E-state index is 12.5. The van der Waals surface area contributed by atoms with E-state index in [0.29, 0.717) is 13.0 Å². The molecule has 1 aliphatic heterocycles. The lowest BCUT2D eigenvalue weighted by Crippen LogP contribution is -2.46. The minimum absolute atomic E-state index is 0.00944. The first-order valence-corrected chi connectivity index (χ1v) is 8.06. The van der Waals surface area contributed by atoms with Crippen molar-refractivity contribution in [2.75, 3.05) is 18.0 Å². The summed E-state index contributed by atoms with van der Waals surface area (Å²) >= 11 is 0. The fourth-order valence-electron chi connectivity index (χ4n) is 3.00. The monoisotopic (exact) mass is 314 g/mol. The van der Waals surface area contributed by atoms with Gasteiger partial charge in [0.15, 0.2) is 0 Å². The lowest BCUT2D eigenvalue weighted by Gasteiger charge is -2.33. The molecule has 1 aliphatic rings. The van der Waals surface area contributed by atoms with E-state index in [-0.39, 0.29) is 17.9 Å². The van der Waals surface area contributed by atoms with Crippen LogP contribution in [0.1, 0.15) is 25.5 Å². The highest BCUT2D eigenvalue weighted by atomic mass is 16.3. The van der Waals surface area contributed by atoms with Crippen molar-refractivity contribution < 1.29 is 9.21 Å². The Labute approximate surface area is 135 Å². The van der Waals surface area contributed by atoms with Crippen molar-refractivity contribution in [3.8, 4) is 0 Å². The number of nitrogens with one attached hydrogen (secondary N) is 1. The molecule has 0 aliphatic carbocycles. The Morgan fingerprint density at radius 2 is 2.43 bits per heavy atom. The SMILES string of the molecule is C[C@@H](Cc1ccco1)NC(=O)[C@@H]1CCCN(c2cnccn2)C1. The van der Waals surface area contributed by atoms with Gasteiger partial charge in [-0.15, -0.1) is 0 Å². The Kier molecular flexibility index (Phi) is 4.90. The number of nitrogens with zero attached hydrogens (tertiary/aromatic N) is 3. The van der Waals surface area contributed by atoms with E-state index in [1.807, 2.05) is 19.1 Å². The maximum atomic E-state index is 12.5. The van der Waals surface area contributed by atoms with Crippen LogP contribution in [0.15, 0.2) is 41.4 Å². The third kappa shape index (κ3) is 4.09. The highest BCUT2D eigenvalue weighted by molar-refractivity contribution is 5.79. The third-order valence-electron chi connectivity index (χ3n) is 4.14. The predicted molar refractivity (Wildman–Crippen MR) is 87.0 cm³/mol. The summed E-state index contributed by atoms with van der Waals surface area (Å²) in [4.78, 5) is 23.1. The van der Waals surface area contributed by atoms with Crippen LogP contribution in [-0.4, -0.2) is 35.0 Å². The largest absolute Gasteiger partial charge is 0.469 e. The lowest BCUT2D eigenvalue weighted by molar-refractivity contribution is -0.125. The van der Waals surface area contributed by atoms with Crippen LogP contribution in [0.3, 0.4) is 0 Å². The van der Waals surface area contributed by atoms with Gasteiger partial charge in [0, 0.05) is 37.9 Å². The van der Waals surface area contributed by atoms with Gasteiger partial charge in [-0.1, -0.05) is 0 Å². The molecule has 0 saturated carbocycles. The van der Waals surface area contributed by atoms with Gasteiger partial charge in [-0.2, -0.15) is 0 Å². The summed E-state index contributed by atoms with van der Waals surface area (Å²) < 4.78 is 5.33. The molecule has 0 unspecified atom stereocenters. The summed E-state index contributed by atoms with van der Waals surface area (Å²) in [6.45, 7) is 3.62. The quantitative estimate of drug-likeness (QED) is 0.914. The zero-order chi connectivity index (χ0) is 16.1. The molecule has 6 nitrogen and oxygen atoms in total. The van der Waals surface area contributed by atoms with E-state index >= 15 is 0 Å². The van der Waals surface area contributed by atoms with Crippen molar-refractivity contribution in [3.63, 3.8) is 0 Å². The standard InChI is InChI=1S/C17H22N4O2/c1-13(10-15-5-3-9-23-15)20-17(22)14-4-2-8-21(12-14)16-11-18-6-7-19-16/h3,5-7,9,11,13-14H,2,4,8,10,12H2,1H3,(H,20,22)/t13-,14+/m0/s1. The van der Waals surface area contributed by atoms with Gasteiger partial charge in [0.05, 0.1) is 18.4 Å². The van der Waals surface area contributed by atoms with Crippen molar-refractivity contribution in [1.82, 2.24) is 15.3 Å². The molecule has 2 aromatic rings. The lowest BCUT2D eigenvalue weighted by atomic mass is 9.96. The molecule has 6 heteroatoms. The van der Waals surface area contributed by atoms with Crippen LogP contribution in [0.5, 0.6) is 0 Å². The predicted octanol–water partition coefficient (Wildman–Crippen LogP) is 2.03. The Balaban J connectivity index is 1.54. The number of furan rings is 1. The molecule has 2 aromatic heterocycles. The summed E-state index contributed by atoms with van der Waals surface area (Å²) in [5.74, 6) is 1.83.